The van der Waals surface area contributed by atoms with Crippen molar-refractivity contribution in [1.82, 2.24) is 14.7 Å². The Kier molecular flexibility index (Phi) is 5.12. The maximum atomic E-state index is 13.3. The van der Waals surface area contributed by atoms with Crippen LogP contribution in [0.5, 0.6) is 5.75 Å². The largest absolute Gasteiger partial charge is 0.496 e. The van der Waals surface area contributed by atoms with Crippen molar-refractivity contribution in [3.05, 3.63) is 66.4 Å². The van der Waals surface area contributed by atoms with Crippen molar-refractivity contribution >= 4 is 5.91 Å². The number of methoxy groups -OCH3 is 1. The van der Waals surface area contributed by atoms with Gasteiger partial charge < -0.3 is 15.4 Å². The Hall–Kier alpha value is -3.12. The van der Waals surface area contributed by atoms with Gasteiger partial charge in [-0.05, 0) is 43.1 Å². The van der Waals surface area contributed by atoms with E-state index in [1.807, 2.05) is 65.7 Å². The summed E-state index contributed by atoms with van der Waals surface area (Å²) in [6, 6.07) is 17.4. The fourth-order valence-electron chi connectivity index (χ4n) is 3.66. The van der Waals surface area contributed by atoms with Gasteiger partial charge in [0.25, 0.3) is 5.91 Å². The molecular formula is C22H24N4O2. The molecule has 0 radical (unpaired) electrons. The van der Waals surface area contributed by atoms with Crippen molar-refractivity contribution in [1.29, 1.82) is 0 Å². The van der Waals surface area contributed by atoms with E-state index < -0.39 is 0 Å². The van der Waals surface area contributed by atoms with Crippen molar-refractivity contribution in [2.75, 3.05) is 26.7 Å². The zero-order valence-corrected chi connectivity index (χ0v) is 15.9. The summed E-state index contributed by atoms with van der Waals surface area (Å²) in [6.45, 7) is 2.02. The first-order valence-corrected chi connectivity index (χ1v) is 9.49. The van der Waals surface area contributed by atoms with Gasteiger partial charge in [0.05, 0.1) is 18.4 Å². The first-order valence-electron chi connectivity index (χ1n) is 9.49. The van der Waals surface area contributed by atoms with Crippen LogP contribution in [0.2, 0.25) is 0 Å². The van der Waals surface area contributed by atoms with Crippen LogP contribution >= 0.6 is 0 Å². The van der Waals surface area contributed by atoms with Crippen LogP contribution in [0.1, 0.15) is 16.8 Å². The van der Waals surface area contributed by atoms with Gasteiger partial charge in [-0.3, -0.25) is 4.79 Å². The minimum absolute atomic E-state index is 0.0148. The zero-order chi connectivity index (χ0) is 19.5. The predicted molar refractivity (Wildman–Crippen MR) is 109 cm³/mol. The van der Waals surface area contributed by atoms with Crippen molar-refractivity contribution in [2.45, 2.75) is 6.42 Å². The maximum absolute atomic E-state index is 13.3. The molecule has 1 atom stereocenters. The molecule has 0 bridgehead atoms. The van der Waals surface area contributed by atoms with E-state index in [0.29, 0.717) is 36.0 Å². The number of carbonyl (C=O) groups excluding carboxylic acids is 1. The summed E-state index contributed by atoms with van der Waals surface area (Å²) < 4.78 is 7.27. The molecule has 2 heterocycles. The van der Waals surface area contributed by atoms with E-state index in [2.05, 4.69) is 0 Å². The maximum Gasteiger partial charge on any atom is 0.257 e. The molecule has 0 spiro atoms. The van der Waals surface area contributed by atoms with Gasteiger partial charge in [0.2, 0.25) is 0 Å². The molecule has 2 aromatic carbocycles. The van der Waals surface area contributed by atoms with Crippen LogP contribution in [-0.4, -0.2) is 47.3 Å². The SMILES string of the molecule is COc1ccccc1-c1nn(-c2ccccc2)cc1C(=O)N1CCC(CN)C1. The molecule has 1 aromatic heterocycles. The molecule has 2 N–H and O–H groups in total. The number of carbonyl (C=O) groups is 1. The molecule has 1 aliphatic rings. The van der Waals surface area contributed by atoms with Crippen LogP contribution in [0, 0.1) is 5.92 Å². The quantitative estimate of drug-likeness (QED) is 0.743. The third kappa shape index (κ3) is 3.39. The highest BCUT2D eigenvalue weighted by molar-refractivity contribution is 6.00. The van der Waals surface area contributed by atoms with E-state index in [1.54, 1.807) is 11.8 Å². The first-order chi connectivity index (χ1) is 13.7. The summed E-state index contributed by atoms with van der Waals surface area (Å²) in [5, 5.41) is 4.76. The molecule has 0 saturated carbocycles. The lowest BCUT2D eigenvalue weighted by Crippen LogP contribution is -2.30. The molecule has 6 heteroatoms. The molecule has 4 rings (SSSR count). The van der Waals surface area contributed by atoms with Gasteiger partial charge in [-0.25, -0.2) is 4.68 Å². The second kappa shape index (κ2) is 7.86. The molecule has 1 fully saturated rings. The van der Waals surface area contributed by atoms with Crippen LogP contribution in [0.3, 0.4) is 0 Å². The number of para-hydroxylation sites is 2. The fraction of sp³-hybridized carbons (Fsp3) is 0.273. The van der Waals surface area contributed by atoms with Gasteiger partial charge >= 0.3 is 0 Å². The lowest BCUT2D eigenvalue weighted by molar-refractivity contribution is 0.0788. The highest BCUT2D eigenvalue weighted by Crippen LogP contribution is 2.33. The number of hydrogen-bond acceptors (Lipinski definition) is 4. The Labute approximate surface area is 164 Å². The number of rotatable bonds is 5. The van der Waals surface area contributed by atoms with Crippen LogP contribution in [-0.2, 0) is 0 Å². The monoisotopic (exact) mass is 376 g/mol. The third-order valence-electron chi connectivity index (χ3n) is 5.23. The van der Waals surface area contributed by atoms with Crippen molar-refractivity contribution in [3.63, 3.8) is 0 Å². The normalized spacial score (nSPS) is 16.4. The molecule has 28 heavy (non-hydrogen) atoms. The van der Waals surface area contributed by atoms with E-state index in [9.17, 15) is 4.79 Å². The van der Waals surface area contributed by atoms with E-state index in [0.717, 1.165) is 24.2 Å². The van der Waals surface area contributed by atoms with Gasteiger partial charge in [0.1, 0.15) is 11.4 Å². The number of nitrogens with two attached hydrogens (primary N) is 1. The number of amides is 1. The van der Waals surface area contributed by atoms with E-state index >= 15 is 0 Å². The van der Waals surface area contributed by atoms with Gasteiger partial charge in [0, 0.05) is 24.8 Å². The summed E-state index contributed by atoms with van der Waals surface area (Å²) in [5.74, 6) is 1.04. The standard InChI is InChI=1S/C22H24N4O2/c1-28-20-10-6-5-9-18(20)21-19(22(27)25-12-11-16(13-23)14-25)15-26(24-21)17-7-3-2-4-8-17/h2-10,15-16H,11-14,23H2,1H3. The number of aromatic nitrogens is 2. The number of hydrogen-bond donors (Lipinski definition) is 1. The minimum atomic E-state index is -0.0148. The van der Waals surface area contributed by atoms with Gasteiger partial charge in [-0.1, -0.05) is 30.3 Å². The Bertz CT molecular complexity index is 968. The van der Waals surface area contributed by atoms with Gasteiger partial charge in [0.15, 0.2) is 0 Å². The summed E-state index contributed by atoms with van der Waals surface area (Å²) in [5.41, 5.74) is 8.71. The molecular weight excluding hydrogens is 352 g/mol. The Balaban J connectivity index is 1.80. The van der Waals surface area contributed by atoms with Gasteiger partial charge in [-0.2, -0.15) is 5.10 Å². The highest BCUT2D eigenvalue weighted by Gasteiger charge is 2.30. The second-order valence-corrected chi connectivity index (χ2v) is 7.01. The Morgan fingerprint density at radius 3 is 2.64 bits per heavy atom. The fourth-order valence-corrected chi connectivity index (χ4v) is 3.66. The summed E-state index contributed by atoms with van der Waals surface area (Å²) >= 11 is 0. The van der Waals surface area contributed by atoms with Crippen molar-refractivity contribution in [3.8, 4) is 22.7 Å². The summed E-state index contributed by atoms with van der Waals surface area (Å²) in [4.78, 5) is 15.2. The smallest absolute Gasteiger partial charge is 0.257 e. The molecule has 6 nitrogen and oxygen atoms in total. The van der Waals surface area contributed by atoms with E-state index in [4.69, 9.17) is 15.6 Å². The van der Waals surface area contributed by atoms with E-state index in [1.165, 1.54) is 0 Å². The molecule has 0 aliphatic carbocycles. The summed E-state index contributed by atoms with van der Waals surface area (Å²) in [6.07, 6.45) is 2.76. The average Bonchev–Trinajstić information content (AvgIpc) is 3.41. The average molecular weight is 376 g/mol. The molecule has 1 unspecified atom stereocenters. The van der Waals surface area contributed by atoms with Crippen LogP contribution in [0.15, 0.2) is 60.8 Å². The van der Waals surface area contributed by atoms with Crippen LogP contribution < -0.4 is 10.5 Å². The van der Waals surface area contributed by atoms with E-state index in [-0.39, 0.29) is 5.91 Å². The third-order valence-corrected chi connectivity index (χ3v) is 5.23. The number of benzene rings is 2. The molecule has 1 amide bonds. The molecule has 144 valence electrons. The minimum Gasteiger partial charge on any atom is -0.496 e. The topological polar surface area (TPSA) is 73.4 Å². The predicted octanol–water partition coefficient (Wildman–Crippen LogP) is 2.97. The van der Waals surface area contributed by atoms with Gasteiger partial charge in [-0.15, -0.1) is 0 Å². The lowest BCUT2D eigenvalue weighted by Gasteiger charge is -2.16. The van der Waals surface area contributed by atoms with Crippen LogP contribution in [0.4, 0.5) is 0 Å². The van der Waals surface area contributed by atoms with Crippen molar-refractivity contribution in [2.24, 2.45) is 11.7 Å². The van der Waals surface area contributed by atoms with Crippen molar-refractivity contribution < 1.29 is 9.53 Å². The Morgan fingerprint density at radius 1 is 1.18 bits per heavy atom. The number of nitrogens with zero attached hydrogens (tertiary/aromatic N) is 3. The zero-order valence-electron chi connectivity index (χ0n) is 15.9. The summed E-state index contributed by atoms with van der Waals surface area (Å²) in [7, 11) is 1.63. The highest BCUT2D eigenvalue weighted by atomic mass is 16.5. The second-order valence-electron chi connectivity index (χ2n) is 7.01. The molecule has 3 aromatic rings. The first kappa shape index (κ1) is 18.3. The number of likely N-dealkylation sites (tertiary alicyclic amines) is 1. The molecule has 1 saturated heterocycles. The number of ether oxygens (including phenoxy) is 1. The van der Waals surface area contributed by atoms with Crippen LogP contribution in [0.25, 0.3) is 16.9 Å². The lowest BCUT2D eigenvalue weighted by atomic mass is 10.1. The molecule has 1 aliphatic heterocycles. The Morgan fingerprint density at radius 2 is 1.93 bits per heavy atom.